The van der Waals surface area contributed by atoms with Gasteiger partial charge in [0.25, 0.3) is 5.91 Å². The number of carbonyl (C=O) groups excluding carboxylic acids is 1. The highest BCUT2D eigenvalue weighted by Gasteiger charge is 2.17. The van der Waals surface area contributed by atoms with Crippen LogP contribution in [0.4, 0.5) is 5.69 Å². The molecular weight excluding hydrogens is 486 g/mol. The van der Waals surface area contributed by atoms with E-state index in [-0.39, 0.29) is 5.91 Å². The molecule has 0 aliphatic heterocycles. The number of ether oxygens (including phenoxy) is 1. The zero-order chi connectivity index (χ0) is 23.9. The number of amides is 1. The van der Waals surface area contributed by atoms with Crippen LogP contribution in [0.5, 0.6) is 5.75 Å². The van der Waals surface area contributed by atoms with Crippen molar-refractivity contribution in [2.45, 2.75) is 27.6 Å². The molecule has 1 aromatic heterocycles. The van der Waals surface area contributed by atoms with Gasteiger partial charge in [0, 0.05) is 27.6 Å². The van der Waals surface area contributed by atoms with E-state index in [9.17, 15) is 4.79 Å². The fourth-order valence-electron chi connectivity index (χ4n) is 2.99. The number of hydrogen-bond acceptors (Lipinski definition) is 6. The van der Waals surface area contributed by atoms with Crippen LogP contribution in [0.25, 0.3) is 0 Å². The molecule has 0 saturated heterocycles. The Kier molecular flexibility index (Phi) is 8.11. The van der Waals surface area contributed by atoms with Crippen molar-refractivity contribution in [2.24, 2.45) is 0 Å². The molecule has 0 aliphatic rings. The van der Waals surface area contributed by atoms with Gasteiger partial charge in [0.05, 0.1) is 12.0 Å². The largest absolute Gasteiger partial charge is 0.497 e. The van der Waals surface area contributed by atoms with E-state index in [1.165, 1.54) is 34.7 Å². The Bertz CT molecular complexity index is 1260. The summed E-state index contributed by atoms with van der Waals surface area (Å²) in [6.07, 6.45) is 1.70. The van der Waals surface area contributed by atoms with Gasteiger partial charge in [-0.15, -0.1) is 0 Å². The highest BCUT2D eigenvalue weighted by Crippen LogP contribution is 2.32. The standard InChI is InChI=1S/C26H22ClN3O2S2/c1-17-3-5-18(6-4-17)16-33-26-28-15-23(34-22-13-7-19(27)8-14-22)24(30-26)25(31)29-20-9-11-21(32-2)12-10-20/h3-15H,16H2,1-2H3,(H,29,31). The normalized spacial score (nSPS) is 10.7. The van der Waals surface area contributed by atoms with Crippen LogP contribution in [0.2, 0.25) is 5.02 Å². The Hall–Kier alpha value is -3.00. The van der Waals surface area contributed by atoms with Crippen molar-refractivity contribution in [1.29, 1.82) is 0 Å². The third kappa shape index (κ3) is 6.53. The Labute approximate surface area is 212 Å². The van der Waals surface area contributed by atoms with E-state index >= 15 is 0 Å². The van der Waals surface area contributed by atoms with Gasteiger partial charge in [-0.3, -0.25) is 4.79 Å². The molecule has 34 heavy (non-hydrogen) atoms. The lowest BCUT2D eigenvalue weighted by atomic mass is 10.2. The van der Waals surface area contributed by atoms with E-state index in [0.717, 1.165) is 4.90 Å². The molecule has 1 amide bonds. The summed E-state index contributed by atoms with van der Waals surface area (Å²) >= 11 is 8.93. The summed E-state index contributed by atoms with van der Waals surface area (Å²) in [6.45, 7) is 2.06. The van der Waals surface area contributed by atoms with E-state index in [0.29, 0.717) is 38.0 Å². The van der Waals surface area contributed by atoms with Crippen molar-refractivity contribution in [2.75, 3.05) is 12.4 Å². The summed E-state index contributed by atoms with van der Waals surface area (Å²) in [5.74, 6) is 1.12. The molecule has 1 N–H and O–H groups in total. The molecule has 0 fully saturated rings. The Morgan fingerprint density at radius 2 is 1.71 bits per heavy atom. The minimum Gasteiger partial charge on any atom is -0.497 e. The lowest BCUT2D eigenvalue weighted by Gasteiger charge is -2.11. The van der Waals surface area contributed by atoms with Crippen molar-refractivity contribution in [1.82, 2.24) is 9.97 Å². The van der Waals surface area contributed by atoms with Gasteiger partial charge in [-0.1, -0.05) is 65.0 Å². The molecule has 0 saturated carbocycles. The number of benzene rings is 3. The lowest BCUT2D eigenvalue weighted by molar-refractivity contribution is 0.101. The number of thioether (sulfide) groups is 1. The first-order valence-electron chi connectivity index (χ1n) is 10.4. The first-order valence-corrected chi connectivity index (χ1v) is 12.6. The average Bonchev–Trinajstić information content (AvgIpc) is 2.86. The number of halogens is 1. The van der Waals surface area contributed by atoms with Gasteiger partial charge >= 0.3 is 0 Å². The molecule has 0 spiro atoms. The molecule has 4 rings (SSSR count). The molecule has 0 bridgehead atoms. The molecule has 0 unspecified atom stereocenters. The van der Waals surface area contributed by atoms with Crippen molar-refractivity contribution in [3.8, 4) is 5.75 Å². The molecule has 4 aromatic rings. The summed E-state index contributed by atoms with van der Waals surface area (Å²) < 4.78 is 5.19. The summed E-state index contributed by atoms with van der Waals surface area (Å²) in [5.41, 5.74) is 3.35. The van der Waals surface area contributed by atoms with Crippen LogP contribution in [0, 0.1) is 6.92 Å². The Balaban J connectivity index is 1.58. The number of aromatic nitrogens is 2. The van der Waals surface area contributed by atoms with E-state index < -0.39 is 0 Å². The first kappa shape index (κ1) is 24.1. The van der Waals surface area contributed by atoms with Crippen LogP contribution in [-0.4, -0.2) is 23.0 Å². The lowest BCUT2D eigenvalue weighted by Crippen LogP contribution is -2.16. The van der Waals surface area contributed by atoms with Crippen LogP contribution < -0.4 is 10.1 Å². The van der Waals surface area contributed by atoms with Gasteiger partial charge < -0.3 is 10.1 Å². The topological polar surface area (TPSA) is 64.1 Å². The molecule has 0 aliphatic carbocycles. The third-order valence-corrected chi connectivity index (χ3v) is 7.04. The highest BCUT2D eigenvalue weighted by atomic mass is 35.5. The smallest absolute Gasteiger partial charge is 0.275 e. The number of methoxy groups -OCH3 is 1. The van der Waals surface area contributed by atoms with Gasteiger partial charge in [0.1, 0.15) is 11.4 Å². The maximum atomic E-state index is 13.2. The predicted molar refractivity (Wildman–Crippen MR) is 139 cm³/mol. The van der Waals surface area contributed by atoms with Crippen LogP contribution in [-0.2, 0) is 5.75 Å². The maximum Gasteiger partial charge on any atom is 0.275 e. The average molecular weight is 508 g/mol. The molecule has 3 aromatic carbocycles. The Morgan fingerprint density at radius 3 is 2.38 bits per heavy atom. The quantitative estimate of drug-likeness (QED) is 0.202. The summed E-state index contributed by atoms with van der Waals surface area (Å²) in [7, 11) is 1.60. The summed E-state index contributed by atoms with van der Waals surface area (Å²) in [6, 6.07) is 22.9. The van der Waals surface area contributed by atoms with Gasteiger partial charge in [0.15, 0.2) is 5.16 Å². The van der Waals surface area contributed by atoms with Crippen molar-refractivity contribution < 1.29 is 9.53 Å². The monoisotopic (exact) mass is 507 g/mol. The zero-order valence-electron chi connectivity index (χ0n) is 18.6. The summed E-state index contributed by atoms with van der Waals surface area (Å²) in [5, 5.41) is 4.12. The second kappa shape index (κ2) is 11.4. The fraction of sp³-hybridized carbons (Fsp3) is 0.115. The molecule has 172 valence electrons. The van der Waals surface area contributed by atoms with Crippen LogP contribution >= 0.6 is 35.1 Å². The molecular formula is C26H22ClN3O2S2. The highest BCUT2D eigenvalue weighted by molar-refractivity contribution is 7.99. The van der Waals surface area contributed by atoms with E-state index in [1.807, 2.05) is 24.3 Å². The van der Waals surface area contributed by atoms with E-state index in [2.05, 4.69) is 46.5 Å². The zero-order valence-corrected chi connectivity index (χ0v) is 21.0. The molecule has 8 heteroatoms. The second-order valence-corrected chi connectivity index (χ2v) is 9.87. The maximum absolute atomic E-state index is 13.2. The van der Waals surface area contributed by atoms with E-state index in [4.69, 9.17) is 16.3 Å². The van der Waals surface area contributed by atoms with Gasteiger partial charge in [-0.2, -0.15) is 0 Å². The minimum atomic E-state index is -0.304. The number of aryl methyl sites for hydroxylation is 1. The van der Waals surface area contributed by atoms with Gasteiger partial charge in [0.2, 0.25) is 0 Å². The van der Waals surface area contributed by atoms with Crippen LogP contribution in [0.3, 0.4) is 0 Å². The first-order chi connectivity index (χ1) is 16.5. The number of nitrogens with zero attached hydrogens (tertiary/aromatic N) is 2. The van der Waals surface area contributed by atoms with Crippen molar-refractivity contribution in [3.63, 3.8) is 0 Å². The third-order valence-electron chi connectivity index (χ3n) is 4.83. The van der Waals surface area contributed by atoms with Crippen molar-refractivity contribution in [3.05, 3.63) is 101 Å². The molecule has 0 atom stereocenters. The Morgan fingerprint density at radius 1 is 1.00 bits per heavy atom. The SMILES string of the molecule is COc1ccc(NC(=O)c2nc(SCc3ccc(C)cc3)ncc2Sc2ccc(Cl)cc2)cc1. The molecule has 0 radical (unpaired) electrons. The fourth-order valence-corrected chi connectivity index (χ4v) is 4.75. The van der Waals surface area contributed by atoms with Crippen LogP contribution in [0.1, 0.15) is 21.6 Å². The number of rotatable bonds is 8. The van der Waals surface area contributed by atoms with Crippen molar-refractivity contribution >= 4 is 46.7 Å². The number of nitrogens with one attached hydrogen (secondary N) is 1. The molecule has 1 heterocycles. The summed E-state index contributed by atoms with van der Waals surface area (Å²) in [4.78, 5) is 23.9. The van der Waals surface area contributed by atoms with Gasteiger partial charge in [-0.05, 0) is 61.0 Å². The number of hydrogen-bond donors (Lipinski definition) is 1. The minimum absolute atomic E-state index is 0.304. The van der Waals surface area contributed by atoms with Gasteiger partial charge in [-0.25, -0.2) is 9.97 Å². The second-order valence-electron chi connectivity index (χ2n) is 7.38. The molecule has 5 nitrogen and oxygen atoms in total. The predicted octanol–water partition coefficient (Wildman–Crippen LogP) is 7.14. The van der Waals surface area contributed by atoms with E-state index in [1.54, 1.807) is 37.6 Å². The van der Waals surface area contributed by atoms with Crippen LogP contribution in [0.15, 0.2) is 93.9 Å². The number of carbonyl (C=O) groups is 1. The number of anilines is 1.